The van der Waals surface area contributed by atoms with Crippen LogP contribution in [0.15, 0.2) is 72.9 Å². The Morgan fingerprint density at radius 2 is 1.90 bits per heavy atom. The number of carbonyl (C=O) groups is 1. The topological polar surface area (TPSA) is 109 Å². The van der Waals surface area contributed by atoms with Gasteiger partial charge in [0.15, 0.2) is 11.6 Å². The average Bonchev–Trinajstić information content (AvgIpc) is 3.82. The van der Waals surface area contributed by atoms with E-state index in [1.165, 1.54) is 23.5 Å². The molecule has 2 fully saturated rings. The molecular weight excluding hydrogens is 644 g/mol. The zero-order chi connectivity index (χ0) is 33.6. The van der Waals surface area contributed by atoms with Gasteiger partial charge in [0.05, 0.1) is 41.0 Å². The normalized spacial score (nSPS) is 17.3. The molecule has 2 aliphatic heterocycles. The van der Waals surface area contributed by atoms with Crippen LogP contribution >= 0.6 is 11.3 Å². The third kappa shape index (κ3) is 8.88. The zero-order valence-electron chi connectivity index (χ0n) is 27.5. The maximum Gasteiger partial charge on any atom is 0.319 e. The molecule has 1 saturated heterocycles. The highest BCUT2D eigenvalue weighted by molar-refractivity contribution is 7.17. The van der Waals surface area contributed by atoms with Crippen LogP contribution in [0.25, 0.3) is 16.3 Å². The van der Waals surface area contributed by atoms with Crippen molar-refractivity contribution < 1.29 is 23.4 Å². The van der Waals surface area contributed by atoms with Crippen LogP contribution in [0.2, 0.25) is 0 Å². The Hall–Kier alpha value is -4.65. The van der Waals surface area contributed by atoms with Crippen molar-refractivity contribution in [2.45, 2.75) is 44.8 Å². The highest BCUT2D eigenvalue weighted by Crippen LogP contribution is 2.42. The van der Waals surface area contributed by atoms with E-state index >= 15 is 4.39 Å². The Morgan fingerprint density at radius 1 is 1.08 bits per heavy atom. The van der Waals surface area contributed by atoms with Crippen LogP contribution in [0.4, 0.5) is 26.2 Å². The molecule has 1 atom stereocenters. The number of fused-ring (bicyclic) bond motifs is 1. The van der Waals surface area contributed by atoms with Gasteiger partial charge in [0.1, 0.15) is 11.5 Å². The van der Waals surface area contributed by atoms with Gasteiger partial charge in [-0.3, -0.25) is 9.88 Å². The van der Waals surface area contributed by atoms with Gasteiger partial charge in [-0.15, -0.1) is 11.3 Å². The van der Waals surface area contributed by atoms with Gasteiger partial charge in [-0.05, 0) is 86.4 Å². The van der Waals surface area contributed by atoms with E-state index in [1.54, 1.807) is 6.07 Å². The number of aromatic nitrogens is 1. The van der Waals surface area contributed by atoms with Gasteiger partial charge in [0, 0.05) is 61.9 Å². The molecule has 1 saturated carbocycles. The van der Waals surface area contributed by atoms with E-state index < -0.39 is 5.82 Å². The van der Waals surface area contributed by atoms with Crippen LogP contribution in [0.1, 0.15) is 36.6 Å². The van der Waals surface area contributed by atoms with Gasteiger partial charge >= 0.3 is 6.03 Å². The number of halogens is 1. The summed E-state index contributed by atoms with van der Waals surface area (Å²) in [4.78, 5) is 21.1. The monoisotopic (exact) mass is 684 g/mol. The van der Waals surface area contributed by atoms with E-state index in [4.69, 9.17) is 19.2 Å². The number of amides is 2. The van der Waals surface area contributed by atoms with Crippen LogP contribution in [0, 0.1) is 5.82 Å². The van der Waals surface area contributed by atoms with Crippen LogP contribution < -0.4 is 30.7 Å². The fraction of sp³-hybridized carbons (Fsp3) is 0.351. The maximum absolute atomic E-state index is 15.1. The second kappa shape index (κ2) is 15.3. The molecule has 4 heterocycles. The number of thiophene rings is 1. The van der Waals surface area contributed by atoms with Crippen LogP contribution in [-0.4, -0.2) is 67.5 Å². The number of hydrogen-bond donors (Lipinski definition) is 4. The Bertz CT molecular complexity index is 1770. The van der Waals surface area contributed by atoms with Crippen molar-refractivity contribution in [2.24, 2.45) is 0 Å². The SMILES string of the molecule is CC1C=C(Oc2ccc(NC(=O)NC3CC3)cc2F)c2sc(-c3ccc(CNc4ccc(OCCCN5CCOCC5)cc4)cn3)cc2N1. The molecule has 256 valence electrons. The fourth-order valence-corrected chi connectivity index (χ4v) is 6.75. The van der Waals surface area contributed by atoms with Crippen molar-refractivity contribution in [2.75, 3.05) is 55.4 Å². The number of pyridine rings is 1. The molecule has 4 N–H and O–H groups in total. The van der Waals surface area contributed by atoms with Crippen molar-refractivity contribution in [1.29, 1.82) is 0 Å². The van der Waals surface area contributed by atoms with Gasteiger partial charge in [-0.2, -0.15) is 0 Å². The first-order chi connectivity index (χ1) is 23.9. The lowest BCUT2D eigenvalue weighted by Crippen LogP contribution is -2.37. The van der Waals surface area contributed by atoms with Gasteiger partial charge in [-0.25, -0.2) is 9.18 Å². The second-order valence-electron chi connectivity index (χ2n) is 12.5. The number of morpholine rings is 1. The lowest BCUT2D eigenvalue weighted by atomic mass is 10.1. The van der Waals surface area contributed by atoms with E-state index in [9.17, 15) is 4.79 Å². The minimum atomic E-state index is -0.556. The summed E-state index contributed by atoms with van der Waals surface area (Å²) in [5.74, 6) is 0.981. The predicted molar refractivity (Wildman–Crippen MR) is 192 cm³/mol. The Labute approximate surface area is 289 Å². The van der Waals surface area contributed by atoms with Gasteiger partial charge in [-0.1, -0.05) is 6.07 Å². The van der Waals surface area contributed by atoms with Crippen molar-refractivity contribution in [3.05, 3.63) is 89.2 Å². The molecule has 7 rings (SSSR count). The molecule has 1 aliphatic carbocycles. The standard InChI is InChI=1S/C37H41FN6O4S/c1-24-19-34(48-33-12-8-28(20-30(33)38)43-37(45)42-27-4-5-27)36-32(41-24)21-35(49-36)31-11-3-25(23-40-31)22-39-26-6-9-29(10-7-26)47-16-2-13-44-14-17-46-18-15-44/h3,6-12,19-21,23-24,27,39,41H,2,4-5,13-18,22H2,1H3,(H2,42,43,45). The molecule has 0 spiro atoms. The molecule has 0 radical (unpaired) electrons. The molecule has 12 heteroatoms. The largest absolute Gasteiger partial charge is 0.494 e. The number of ether oxygens (including phenoxy) is 3. The minimum Gasteiger partial charge on any atom is -0.494 e. The highest BCUT2D eigenvalue weighted by atomic mass is 32.1. The lowest BCUT2D eigenvalue weighted by Gasteiger charge is -2.26. The van der Waals surface area contributed by atoms with E-state index in [2.05, 4.69) is 38.3 Å². The molecule has 49 heavy (non-hydrogen) atoms. The van der Waals surface area contributed by atoms with E-state index in [0.29, 0.717) is 24.6 Å². The number of hydrogen-bond acceptors (Lipinski definition) is 9. The number of nitrogens with zero attached hydrogens (tertiary/aromatic N) is 2. The third-order valence-corrected chi connectivity index (χ3v) is 9.65. The summed E-state index contributed by atoms with van der Waals surface area (Å²) >= 11 is 1.54. The predicted octanol–water partition coefficient (Wildman–Crippen LogP) is 7.18. The summed E-state index contributed by atoms with van der Waals surface area (Å²) in [6, 6.07) is 18.5. The highest BCUT2D eigenvalue weighted by Gasteiger charge is 2.25. The molecule has 1 unspecified atom stereocenters. The van der Waals surface area contributed by atoms with Gasteiger partial charge in [0.2, 0.25) is 0 Å². The first kappa shape index (κ1) is 32.9. The van der Waals surface area contributed by atoms with E-state index in [-0.39, 0.29) is 23.9 Å². The quantitative estimate of drug-likeness (QED) is 0.110. The van der Waals surface area contributed by atoms with Crippen molar-refractivity contribution in [3.63, 3.8) is 0 Å². The number of urea groups is 1. The number of nitrogens with one attached hydrogen (secondary N) is 4. The Kier molecular flexibility index (Phi) is 10.2. The molecule has 2 aromatic heterocycles. The first-order valence-electron chi connectivity index (χ1n) is 16.8. The van der Waals surface area contributed by atoms with Crippen LogP contribution in [-0.2, 0) is 11.3 Å². The van der Waals surface area contributed by atoms with Crippen molar-refractivity contribution >= 4 is 40.2 Å². The Morgan fingerprint density at radius 3 is 2.65 bits per heavy atom. The number of carbonyl (C=O) groups excluding carboxylic acids is 1. The molecule has 10 nitrogen and oxygen atoms in total. The summed E-state index contributed by atoms with van der Waals surface area (Å²) < 4.78 is 32.5. The summed E-state index contributed by atoms with van der Waals surface area (Å²) in [5, 5.41) is 12.4. The smallest absolute Gasteiger partial charge is 0.319 e. The van der Waals surface area contributed by atoms with Gasteiger partial charge < -0.3 is 35.5 Å². The average molecular weight is 685 g/mol. The molecule has 3 aliphatic rings. The summed E-state index contributed by atoms with van der Waals surface area (Å²) in [5.41, 5.74) is 4.20. The lowest BCUT2D eigenvalue weighted by molar-refractivity contribution is 0.0358. The number of anilines is 3. The molecule has 0 bridgehead atoms. The summed E-state index contributed by atoms with van der Waals surface area (Å²) in [7, 11) is 0. The number of benzene rings is 2. The second-order valence-corrected chi connectivity index (χ2v) is 13.6. The summed E-state index contributed by atoms with van der Waals surface area (Å²) in [6.07, 6.45) is 6.77. The Balaban J connectivity index is 0.917. The number of rotatable bonds is 13. The minimum absolute atomic E-state index is 0.0116. The molecule has 4 aromatic rings. The van der Waals surface area contributed by atoms with Crippen molar-refractivity contribution in [3.8, 4) is 22.1 Å². The first-order valence-corrected chi connectivity index (χ1v) is 17.7. The summed E-state index contributed by atoms with van der Waals surface area (Å²) in [6.45, 7) is 8.03. The van der Waals surface area contributed by atoms with Crippen molar-refractivity contribution in [1.82, 2.24) is 15.2 Å². The fourth-order valence-electron chi connectivity index (χ4n) is 5.69. The molecular formula is C37H41FN6O4S. The van der Waals surface area contributed by atoms with E-state index in [1.807, 2.05) is 49.5 Å². The van der Waals surface area contributed by atoms with E-state index in [0.717, 1.165) is 90.2 Å². The van der Waals surface area contributed by atoms with Crippen LogP contribution in [0.3, 0.4) is 0 Å². The zero-order valence-corrected chi connectivity index (χ0v) is 28.3. The third-order valence-electron chi connectivity index (χ3n) is 8.48. The maximum atomic E-state index is 15.1. The molecule has 2 amide bonds. The molecule has 2 aromatic carbocycles. The van der Waals surface area contributed by atoms with Gasteiger partial charge in [0.25, 0.3) is 0 Å². The van der Waals surface area contributed by atoms with Crippen LogP contribution in [0.5, 0.6) is 11.5 Å².